The number of hydrogen-bond donors (Lipinski definition) is 0. The van der Waals surface area contributed by atoms with Gasteiger partial charge in [-0.2, -0.15) is 0 Å². The third-order valence-electron chi connectivity index (χ3n) is 3.58. The van der Waals surface area contributed by atoms with Crippen LogP contribution in [-0.4, -0.2) is 33.6 Å². The van der Waals surface area contributed by atoms with Crippen molar-refractivity contribution in [2.45, 2.75) is 19.1 Å². The number of anilines is 1. The van der Waals surface area contributed by atoms with Crippen molar-refractivity contribution < 1.29 is 9.47 Å². The maximum absolute atomic E-state index is 5.35. The summed E-state index contributed by atoms with van der Waals surface area (Å²) >= 11 is 2.34. The quantitative estimate of drug-likeness (QED) is 0.608. The predicted octanol–water partition coefficient (Wildman–Crippen LogP) is 3.13. The fourth-order valence-corrected chi connectivity index (χ4v) is 2.92. The Balaban J connectivity index is 1.92. The van der Waals surface area contributed by atoms with Gasteiger partial charge in [0.05, 0.1) is 0 Å². The first-order valence-corrected chi connectivity index (χ1v) is 7.38. The lowest BCUT2D eigenvalue weighted by Gasteiger charge is -2.36. The van der Waals surface area contributed by atoms with Crippen molar-refractivity contribution in [1.82, 2.24) is 0 Å². The third-order valence-corrected chi connectivity index (χ3v) is 4.30. The van der Waals surface area contributed by atoms with Gasteiger partial charge in [-0.1, -0.05) is 0 Å². The highest BCUT2D eigenvalue weighted by Crippen LogP contribution is 2.26. The van der Waals surface area contributed by atoms with E-state index in [1.54, 1.807) is 14.2 Å². The molecule has 1 aliphatic rings. The van der Waals surface area contributed by atoms with Gasteiger partial charge >= 0.3 is 0 Å². The van der Waals surface area contributed by atoms with E-state index in [4.69, 9.17) is 9.47 Å². The Morgan fingerprint density at radius 1 is 1.11 bits per heavy atom. The fraction of sp³-hybridized carbons (Fsp3) is 0.571. The lowest BCUT2D eigenvalue weighted by molar-refractivity contribution is -0.141. The molecule has 3 nitrogen and oxygen atoms in total. The minimum atomic E-state index is -0.0520. The molecule has 1 aromatic rings. The minimum absolute atomic E-state index is 0.0520. The van der Waals surface area contributed by atoms with Crippen molar-refractivity contribution in [3.63, 3.8) is 0 Å². The van der Waals surface area contributed by atoms with Crippen molar-refractivity contribution in [3.8, 4) is 0 Å². The molecule has 0 aliphatic carbocycles. The van der Waals surface area contributed by atoms with E-state index in [-0.39, 0.29) is 6.29 Å². The predicted molar refractivity (Wildman–Crippen MR) is 81.9 cm³/mol. The van der Waals surface area contributed by atoms with E-state index >= 15 is 0 Å². The van der Waals surface area contributed by atoms with Crippen LogP contribution in [0.1, 0.15) is 12.8 Å². The van der Waals surface area contributed by atoms with Gasteiger partial charge in [-0.05, 0) is 59.7 Å². The number of halogens is 1. The monoisotopic (exact) mass is 361 g/mol. The zero-order valence-electron chi connectivity index (χ0n) is 10.9. The number of benzene rings is 1. The molecule has 0 bridgehead atoms. The summed E-state index contributed by atoms with van der Waals surface area (Å²) in [5, 5.41) is 0. The van der Waals surface area contributed by atoms with E-state index in [2.05, 4.69) is 51.8 Å². The van der Waals surface area contributed by atoms with Crippen molar-refractivity contribution in [3.05, 3.63) is 27.8 Å². The van der Waals surface area contributed by atoms with Crippen LogP contribution in [0, 0.1) is 9.49 Å². The molecule has 0 unspecified atom stereocenters. The first kappa shape index (κ1) is 14.1. The summed E-state index contributed by atoms with van der Waals surface area (Å²) in [4.78, 5) is 2.44. The second-order valence-corrected chi connectivity index (χ2v) is 5.89. The molecule has 0 saturated carbocycles. The number of nitrogens with zero attached hydrogens (tertiary/aromatic N) is 1. The van der Waals surface area contributed by atoms with E-state index < -0.39 is 0 Å². The van der Waals surface area contributed by atoms with Gasteiger partial charge < -0.3 is 14.4 Å². The van der Waals surface area contributed by atoms with Crippen LogP contribution >= 0.6 is 22.6 Å². The molecular weight excluding hydrogens is 341 g/mol. The smallest absolute Gasteiger partial charge is 0.159 e. The fourth-order valence-electron chi connectivity index (χ4n) is 2.56. The van der Waals surface area contributed by atoms with Crippen molar-refractivity contribution >= 4 is 28.3 Å². The summed E-state index contributed by atoms with van der Waals surface area (Å²) in [6, 6.07) is 8.72. The molecule has 4 heteroatoms. The van der Waals surface area contributed by atoms with E-state index in [0.29, 0.717) is 5.92 Å². The Hall–Kier alpha value is -0.330. The lowest BCUT2D eigenvalue weighted by atomic mass is 9.95. The average molecular weight is 361 g/mol. The SMILES string of the molecule is COC(OC)C1CCN(c2ccc(I)cc2)CC1. The number of ether oxygens (including phenoxy) is 2. The van der Waals surface area contributed by atoms with Crippen molar-refractivity contribution in [1.29, 1.82) is 0 Å². The molecule has 0 amide bonds. The van der Waals surface area contributed by atoms with Gasteiger partial charge in [-0.15, -0.1) is 0 Å². The van der Waals surface area contributed by atoms with Gasteiger partial charge in [0.1, 0.15) is 0 Å². The molecule has 100 valence electrons. The Morgan fingerprint density at radius 3 is 2.17 bits per heavy atom. The second kappa shape index (κ2) is 6.73. The molecule has 1 aliphatic heterocycles. The van der Waals surface area contributed by atoms with Gasteiger partial charge in [0.2, 0.25) is 0 Å². The van der Waals surface area contributed by atoms with Gasteiger partial charge in [-0.25, -0.2) is 0 Å². The summed E-state index contributed by atoms with van der Waals surface area (Å²) in [7, 11) is 3.44. The molecule has 0 spiro atoms. The van der Waals surface area contributed by atoms with E-state index in [9.17, 15) is 0 Å². The number of methoxy groups -OCH3 is 2. The maximum atomic E-state index is 5.35. The third kappa shape index (κ3) is 3.36. The molecule has 0 aromatic heterocycles. The zero-order chi connectivity index (χ0) is 13.0. The normalized spacial score (nSPS) is 17.4. The van der Waals surface area contributed by atoms with Crippen LogP contribution < -0.4 is 4.90 Å². The number of rotatable bonds is 4. The second-order valence-electron chi connectivity index (χ2n) is 4.64. The summed E-state index contributed by atoms with van der Waals surface area (Å²) in [5.41, 5.74) is 1.32. The Bertz CT molecular complexity index is 357. The van der Waals surface area contributed by atoms with Gasteiger partial charge in [0.25, 0.3) is 0 Å². The number of hydrogen-bond acceptors (Lipinski definition) is 3. The van der Waals surface area contributed by atoms with Crippen LogP contribution in [-0.2, 0) is 9.47 Å². The molecule has 1 saturated heterocycles. The number of piperidine rings is 1. The largest absolute Gasteiger partial charge is 0.372 e. The average Bonchev–Trinajstić information content (AvgIpc) is 2.42. The summed E-state index contributed by atoms with van der Waals surface area (Å²) in [5.74, 6) is 0.514. The molecule has 0 radical (unpaired) electrons. The van der Waals surface area contributed by atoms with E-state index in [1.807, 2.05) is 0 Å². The summed E-state index contributed by atoms with van der Waals surface area (Å²) < 4.78 is 12.0. The molecular formula is C14H20INO2. The molecule has 1 aromatic carbocycles. The highest BCUT2D eigenvalue weighted by Gasteiger charge is 2.26. The first-order chi connectivity index (χ1) is 8.74. The Kier molecular flexibility index (Phi) is 5.26. The highest BCUT2D eigenvalue weighted by molar-refractivity contribution is 14.1. The van der Waals surface area contributed by atoms with E-state index in [0.717, 1.165) is 25.9 Å². The van der Waals surface area contributed by atoms with Crippen LogP contribution in [0.5, 0.6) is 0 Å². The van der Waals surface area contributed by atoms with Crippen molar-refractivity contribution in [2.24, 2.45) is 5.92 Å². The van der Waals surface area contributed by atoms with Gasteiger partial charge in [-0.3, -0.25) is 0 Å². The van der Waals surface area contributed by atoms with Gasteiger partial charge in [0.15, 0.2) is 6.29 Å². The first-order valence-electron chi connectivity index (χ1n) is 6.30. The highest BCUT2D eigenvalue weighted by atomic mass is 127. The van der Waals surface area contributed by atoms with E-state index in [1.165, 1.54) is 9.26 Å². The zero-order valence-corrected chi connectivity index (χ0v) is 13.1. The Labute approximate surface area is 123 Å². The van der Waals surface area contributed by atoms with Crippen molar-refractivity contribution in [2.75, 3.05) is 32.2 Å². The minimum Gasteiger partial charge on any atom is -0.372 e. The van der Waals surface area contributed by atoms with Gasteiger partial charge in [0, 0.05) is 42.5 Å². The molecule has 1 heterocycles. The molecule has 2 rings (SSSR count). The molecule has 0 atom stereocenters. The Morgan fingerprint density at radius 2 is 1.67 bits per heavy atom. The molecule has 1 fully saturated rings. The van der Waals surface area contributed by atoms with Crippen LogP contribution in [0.15, 0.2) is 24.3 Å². The lowest BCUT2D eigenvalue weighted by Crippen LogP contribution is -2.39. The van der Waals surface area contributed by atoms with Crippen LogP contribution in [0.4, 0.5) is 5.69 Å². The summed E-state index contributed by atoms with van der Waals surface area (Å²) in [6.07, 6.45) is 2.19. The molecule has 0 N–H and O–H groups in total. The van der Waals surface area contributed by atoms with Crippen LogP contribution in [0.2, 0.25) is 0 Å². The van der Waals surface area contributed by atoms with Crippen LogP contribution in [0.25, 0.3) is 0 Å². The van der Waals surface area contributed by atoms with Crippen LogP contribution in [0.3, 0.4) is 0 Å². The molecule has 18 heavy (non-hydrogen) atoms. The maximum Gasteiger partial charge on any atom is 0.159 e. The summed E-state index contributed by atoms with van der Waals surface area (Å²) in [6.45, 7) is 2.16. The standard InChI is InChI=1S/C14H20INO2/c1-17-14(18-2)11-7-9-16(10-8-11)13-5-3-12(15)4-6-13/h3-6,11,14H,7-10H2,1-2H3. The topological polar surface area (TPSA) is 21.7 Å².